The van der Waals surface area contributed by atoms with Crippen molar-refractivity contribution >= 4 is 11.9 Å². The van der Waals surface area contributed by atoms with Crippen molar-refractivity contribution in [3.63, 3.8) is 0 Å². The third-order valence-electron chi connectivity index (χ3n) is 6.71. The number of fused-ring (bicyclic) bond motifs is 1. The Bertz CT molecular complexity index is 576. The molecule has 0 aromatic carbocycles. The quantitative estimate of drug-likeness (QED) is 0.566. The fourth-order valence-corrected chi connectivity index (χ4v) is 5.39. The molecule has 2 saturated carbocycles. The van der Waals surface area contributed by atoms with E-state index in [-0.39, 0.29) is 17.3 Å². The van der Waals surface area contributed by atoms with Gasteiger partial charge in [0.2, 0.25) is 0 Å². The Labute approximate surface area is 144 Å². The van der Waals surface area contributed by atoms with Crippen LogP contribution in [0.4, 0.5) is 0 Å². The van der Waals surface area contributed by atoms with Gasteiger partial charge in [-0.15, -0.1) is 0 Å². The van der Waals surface area contributed by atoms with Crippen LogP contribution in [0.2, 0.25) is 0 Å². The Morgan fingerprint density at radius 3 is 2.54 bits per heavy atom. The SMILES string of the molecule is C=C1CC[C@@H]2[C@](C)(CCC[C@@]2(C)C(=O)O)[C@H]1CC/C(C)=C/C(=O)O. The van der Waals surface area contributed by atoms with Crippen LogP contribution in [0.1, 0.15) is 65.7 Å². The van der Waals surface area contributed by atoms with Gasteiger partial charge in [-0.1, -0.05) is 31.1 Å². The molecule has 0 heterocycles. The first kappa shape index (κ1) is 18.8. The second-order valence-corrected chi connectivity index (χ2v) is 8.25. The molecule has 134 valence electrons. The number of hydrogen-bond acceptors (Lipinski definition) is 2. The summed E-state index contributed by atoms with van der Waals surface area (Å²) < 4.78 is 0. The maximum Gasteiger partial charge on any atom is 0.328 e. The van der Waals surface area contributed by atoms with E-state index in [9.17, 15) is 14.7 Å². The van der Waals surface area contributed by atoms with Gasteiger partial charge in [0.15, 0.2) is 0 Å². The number of carboxylic acid groups (broad SMARTS) is 2. The van der Waals surface area contributed by atoms with E-state index in [0.717, 1.165) is 50.5 Å². The van der Waals surface area contributed by atoms with E-state index in [2.05, 4.69) is 13.5 Å². The number of rotatable bonds is 5. The van der Waals surface area contributed by atoms with Crippen molar-refractivity contribution in [2.45, 2.75) is 65.7 Å². The van der Waals surface area contributed by atoms with E-state index in [1.165, 1.54) is 11.6 Å². The number of allylic oxidation sites excluding steroid dienone is 2. The monoisotopic (exact) mass is 334 g/mol. The first-order valence-electron chi connectivity index (χ1n) is 8.92. The molecule has 4 nitrogen and oxygen atoms in total. The van der Waals surface area contributed by atoms with Crippen LogP contribution < -0.4 is 0 Å². The Morgan fingerprint density at radius 2 is 1.96 bits per heavy atom. The first-order valence-corrected chi connectivity index (χ1v) is 8.92. The van der Waals surface area contributed by atoms with Crippen molar-refractivity contribution in [1.82, 2.24) is 0 Å². The van der Waals surface area contributed by atoms with E-state index in [1.54, 1.807) is 0 Å². The number of aliphatic carboxylic acids is 2. The summed E-state index contributed by atoms with van der Waals surface area (Å²) in [4.78, 5) is 22.8. The number of hydrogen-bond donors (Lipinski definition) is 2. The lowest BCUT2D eigenvalue weighted by Gasteiger charge is -2.57. The second kappa shape index (κ2) is 6.73. The summed E-state index contributed by atoms with van der Waals surface area (Å²) >= 11 is 0. The second-order valence-electron chi connectivity index (χ2n) is 8.25. The number of carbonyl (C=O) groups is 2. The van der Waals surface area contributed by atoms with E-state index in [1.807, 2.05) is 13.8 Å². The minimum absolute atomic E-state index is 0.0514. The molecule has 0 bridgehead atoms. The minimum atomic E-state index is -0.907. The Hall–Kier alpha value is -1.58. The molecule has 0 amide bonds. The van der Waals surface area contributed by atoms with Crippen molar-refractivity contribution in [3.8, 4) is 0 Å². The highest BCUT2D eigenvalue weighted by atomic mass is 16.4. The van der Waals surface area contributed by atoms with Crippen molar-refractivity contribution in [2.75, 3.05) is 0 Å². The zero-order chi connectivity index (χ0) is 18.1. The molecule has 4 heteroatoms. The normalized spacial score (nSPS) is 37.0. The van der Waals surface area contributed by atoms with Crippen LogP contribution in [0.15, 0.2) is 23.8 Å². The summed E-state index contributed by atoms with van der Waals surface area (Å²) in [6.45, 7) is 10.3. The highest BCUT2D eigenvalue weighted by molar-refractivity contribution is 5.80. The fourth-order valence-electron chi connectivity index (χ4n) is 5.39. The third-order valence-corrected chi connectivity index (χ3v) is 6.71. The molecular formula is C20H30O4. The first-order chi connectivity index (χ1) is 11.1. The Balaban J connectivity index is 2.25. The van der Waals surface area contributed by atoms with Crippen LogP contribution in [0.3, 0.4) is 0 Å². The smallest absolute Gasteiger partial charge is 0.328 e. The molecule has 2 N–H and O–H groups in total. The topological polar surface area (TPSA) is 74.6 Å². The van der Waals surface area contributed by atoms with E-state index in [0.29, 0.717) is 0 Å². The van der Waals surface area contributed by atoms with Gasteiger partial charge in [0, 0.05) is 6.08 Å². The van der Waals surface area contributed by atoms with Crippen LogP contribution in [0, 0.1) is 22.7 Å². The van der Waals surface area contributed by atoms with Gasteiger partial charge < -0.3 is 10.2 Å². The van der Waals surface area contributed by atoms with Gasteiger partial charge in [-0.2, -0.15) is 0 Å². The average molecular weight is 334 g/mol. The molecule has 0 aliphatic heterocycles. The summed E-state index contributed by atoms with van der Waals surface area (Å²) in [6, 6.07) is 0. The summed E-state index contributed by atoms with van der Waals surface area (Å²) in [7, 11) is 0. The fraction of sp³-hybridized carbons (Fsp3) is 0.700. The maximum atomic E-state index is 12.0. The highest BCUT2D eigenvalue weighted by Crippen LogP contribution is 2.62. The number of carboxylic acids is 2. The Kier molecular flexibility index (Phi) is 5.26. The molecule has 2 fully saturated rings. The van der Waals surface area contributed by atoms with Crippen LogP contribution >= 0.6 is 0 Å². The van der Waals surface area contributed by atoms with E-state index >= 15 is 0 Å². The molecule has 0 spiro atoms. The van der Waals surface area contributed by atoms with Gasteiger partial charge in [-0.05, 0) is 69.6 Å². The zero-order valence-electron chi connectivity index (χ0n) is 15.1. The summed E-state index contributed by atoms with van der Waals surface area (Å²) in [5, 5.41) is 18.7. The summed E-state index contributed by atoms with van der Waals surface area (Å²) in [5.41, 5.74) is 1.37. The van der Waals surface area contributed by atoms with Crippen LogP contribution in [0.25, 0.3) is 0 Å². The average Bonchev–Trinajstić information content (AvgIpc) is 2.45. The molecule has 4 atom stereocenters. The van der Waals surface area contributed by atoms with Gasteiger partial charge in [0.25, 0.3) is 0 Å². The summed E-state index contributed by atoms with van der Waals surface area (Å²) in [5.74, 6) is -1.15. The molecule has 2 rings (SSSR count). The molecule has 0 aromatic rings. The van der Waals surface area contributed by atoms with Crippen LogP contribution in [-0.2, 0) is 9.59 Å². The molecular weight excluding hydrogens is 304 g/mol. The van der Waals surface area contributed by atoms with Crippen LogP contribution in [0.5, 0.6) is 0 Å². The van der Waals surface area contributed by atoms with Crippen LogP contribution in [-0.4, -0.2) is 22.2 Å². The molecule has 0 radical (unpaired) electrons. The van der Waals surface area contributed by atoms with E-state index < -0.39 is 17.4 Å². The molecule has 0 unspecified atom stereocenters. The third kappa shape index (κ3) is 3.28. The lowest BCUT2D eigenvalue weighted by atomic mass is 9.46. The van der Waals surface area contributed by atoms with Crippen molar-refractivity contribution < 1.29 is 19.8 Å². The molecule has 2 aliphatic carbocycles. The van der Waals surface area contributed by atoms with Gasteiger partial charge in [-0.3, -0.25) is 4.79 Å². The van der Waals surface area contributed by atoms with Crippen molar-refractivity contribution in [3.05, 3.63) is 23.8 Å². The standard InChI is InChI=1S/C20H30O4/c1-13(12-17(21)22)6-8-15-14(2)7-9-16-19(15,3)10-5-11-20(16,4)18(23)24/h12,15-16H,2,5-11H2,1,3-4H3,(H,21,22)(H,23,24)/b13-12+/t15-,16+,19+,20+/m0/s1. The van der Waals surface area contributed by atoms with Gasteiger partial charge in [0.05, 0.1) is 5.41 Å². The molecule has 24 heavy (non-hydrogen) atoms. The summed E-state index contributed by atoms with van der Waals surface area (Å²) in [6.07, 6.45) is 7.36. The van der Waals surface area contributed by atoms with E-state index in [4.69, 9.17) is 5.11 Å². The predicted molar refractivity (Wildman–Crippen MR) is 93.7 cm³/mol. The van der Waals surface area contributed by atoms with Gasteiger partial charge in [0.1, 0.15) is 0 Å². The highest BCUT2D eigenvalue weighted by Gasteiger charge is 2.57. The minimum Gasteiger partial charge on any atom is -0.481 e. The molecule has 2 aliphatic rings. The van der Waals surface area contributed by atoms with Gasteiger partial charge in [-0.25, -0.2) is 4.79 Å². The molecule has 0 saturated heterocycles. The molecule has 0 aromatic heterocycles. The van der Waals surface area contributed by atoms with Crippen molar-refractivity contribution in [2.24, 2.45) is 22.7 Å². The maximum absolute atomic E-state index is 12.0. The lowest BCUT2D eigenvalue weighted by Crippen LogP contribution is -2.53. The van der Waals surface area contributed by atoms with Crippen molar-refractivity contribution in [1.29, 1.82) is 0 Å². The Morgan fingerprint density at radius 1 is 1.29 bits per heavy atom. The predicted octanol–water partition coefficient (Wildman–Crippen LogP) is 4.66. The lowest BCUT2D eigenvalue weighted by molar-refractivity contribution is -0.164. The largest absolute Gasteiger partial charge is 0.481 e. The van der Waals surface area contributed by atoms with Gasteiger partial charge >= 0.3 is 11.9 Å². The zero-order valence-corrected chi connectivity index (χ0v) is 15.1.